The molecule has 0 aliphatic carbocycles. The minimum absolute atomic E-state index is 0.534. The Labute approximate surface area is 112 Å². The molecule has 0 aliphatic rings. The van der Waals surface area contributed by atoms with Crippen LogP contribution in [0.4, 0.5) is 4.79 Å². The van der Waals surface area contributed by atoms with E-state index in [0.29, 0.717) is 10.7 Å². The summed E-state index contributed by atoms with van der Waals surface area (Å²) >= 11 is 5.78. The molecule has 1 amide bonds. The molecule has 0 spiro atoms. The number of carbonyl (C=O) groups is 1. The van der Waals surface area contributed by atoms with Gasteiger partial charge in [0.05, 0.1) is 5.70 Å². The molecule has 1 aromatic carbocycles. The van der Waals surface area contributed by atoms with E-state index in [2.05, 4.69) is 17.4 Å². The molecule has 0 radical (unpaired) electrons. The SMILES string of the molecule is C=C(NNC(=O)OC(C)(C)C)c1ccc(Cl)cc1. The number of hydrogen-bond acceptors (Lipinski definition) is 3. The van der Waals surface area contributed by atoms with Crippen molar-refractivity contribution in [2.24, 2.45) is 0 Å². The average molecular weight is 269 g/mol. The second kappa shape index (κ2) is 5.78. The minimum Gasteiger partial charge on any atom is -0.443 e. The second-order valence-corrected chi connectivity index (χ2v) is 5.17. The monoisotopic (exact) mass is 268 g/mol. The van der Waals surface area contributed by atoms with Gasteiger partial charge in [-0.15, -0.1) is 0 Å². The van der Waals surface area contributed by atoms with Crippen LogP contribution in [0.25, 0.3) is 5.70 Å². The van der Waals surface area contributed by atoms with Crippen molar-refractivity contribution in [3.63, 3.8) is 0 Å². The quantitative estimate of drug-likeness (QED) is 0.827. The Bertz CT molecular complexity index is 435. The fourth-order valence-corrected chi connectivity index (χ4v) is 1.28. The fourth-order valence-electron chi connectivity index (χ4n) is 1.15. The topological polar surface area (TPSA) is 50.4 Å². The lowest BCUT2D eigenvalue weighted by Crippen LogP contribution is -2.40. The summed E-state index contributed by atoms with van der Waals surface area (Å²) in [6.07, 6.45) is -0.558. The van der Waals surface area contributed by atoms with Gasteiger partial charge in [0.15, 0.2) is 0 Å². The molecular formula is C13H17ClN2O2. The maximum atomic E-state index is 11.4. The van der Waals surface area contributed by atoms with Crippen molar-refractivity contribution < 1.29 is 9.53 Å². The van der Waals surface area contributed by atoms with E-state index in [0.717, 1.165) is 5.56 Å². The molecule has 0 bridgehead atoms. The van der Waals surface area contributed by atoms with Gasteiger partial charge in [-0.1, -0.05) is 30.3 Å². The molecular weight excluding hydrogens is 252 g/mol. The molecule has 18 heavy (non-hydrogen) atoms. The van der Waals surface area contributed by atoms with E-state index in [1.54, 1.807) is 45.0 Å². The lowest BCUT2D eigenvalue weighted by Gasteiger charge is -2.20. The van der Waals surface area contributed by atoms with Crippen LogP contribution >= 0.6 is 11.6 Å². The van der Waals surface area contributed by atoms with Crippen LogP contribution in [-0.4, -0.2) is 11.7 Å². The van der Waals surface area contributed by atoms with E-state index < -0.39 is 11.7 Å². The van der Waals surface area contributed by atoms with Gasteiger partial charge in [0.2, 0.25) is 0 Å². The number of hydrazine groups is 1. The lowest BCUT2D eigenvalue weighted by atomic mass is 10.2. The Morgan fingerprint density at radius 2 is 1.78 bits per heavy atom. The molecule has 2 N–H and O–H groups in total. The molecule has 4 nitrogen and oxygen atoms in total. The third kappa shape index (κ3) is 5.10. The fraction of sp³-hybridized carbons (Fsp3) is 0.308. The normalized spacial score (nSPS) is 10.7. The van der Waals surface area contributed by atoms with E-state index in [1.807, 2.05) is 0 Å². The highest BCUT2D eigenvalue weighted by atomic mass is 35.5. The van der Waals surface area contributed by atoms with E-state index in [4.69, 9.17) is 16.3 Å². The molecule has 0 atom stereocenters. The molecule has 0 heterocycles. The van der Waals surface area contributed by atoms with Gasteiger partial charge in [0.1, 0.15) is 5.60 Å². The Kier molecular flexibility index (Phi) is 4.62. The molecule has 98 valence electrons. The average Bonchev–Trinajstić information content (AvgIpc) is 2.24. The third-order valence-corrected chi connectivity index (χ3v) is 2.16. The van der Waals surface area contributed by atoms with Crippen LogP contribution in [0, 0.1) is 0 Å². The number of carbonyl (C=O) groups excluding carboxylic acids is 1. The van der Waals surface area contributed by atoms with Gasteiger partial charge in [-0.2, -0.15) is 0 Å². The number of benzene rings is 1. The number of rotatable bonds is 3. The molecule has 1 rings (SSSR count). The molecule has 0 aromatic heterocycles. The number of hydrogen-bond donors (Lipinski definition) is 2. The number of nitrogens with one attached hydrogen (secondary N) is 2. The first-order chi connectivity index (χ1) is 8.28. The largest absolute Gasteiger partial charge is 0.443 e. The summed E-state index contributed by atoms with van der Waals surface area (Å²) in [6, 6.07) is 7.09. The molecule has 0 unspecified atom stereocenters. The molecule has 0 saturated heterocycles. The van der Waals surface area contributed by atoms with Crippen molar-refractivity contribution in [2.45, 2.75) is 26.4 Å². The zero-order chi connectivity index (χ0) is 13.8. The van der Waals surface area contributed by atoms with Gasteiger partial charge in [0.25, 0.3) is 0 Å². The Morgan fingerprint density at radius 3 is 2.28 bits per heavy atom. The maximum absolute atomic E-state index is 11.4. The minimum atomic E-state index is -0.558. The van der Waals surface area contributed by atoms with E-state index in [1.165, 1.54) is 0 Å². The first-order valence-corrected chi connectivity index (χ1v) is 5.85. The van der Waals surface area contributed by atoms with Crippen molar-refractivity contribution in [3.8, 4) is 0 Å². The Balaban J connectivity index is 2.47. The first-order valence-electron chi connectivity index (χ1n) is 5.48. The predicted molar refractivity (Wildman–Crippen MR) is 73.0 cm³/mol. The second-order valence-electron chi connectivity index (χ2n) is 4.74. The summed E-state index contributed by atoms with van der Waals surface area (Å²) in [4.78, 5) is 11.4. The summed E-state index contributed by atoms with van der Waals surface area (Å²) in [7, 11) is 0. The third-order valence-electron chi connectivity index (χ3n) is 1.91. The van der Waals surface area contributed by atoms with Gasteiger partial charge < -0.3 is 4.74 Å². The van der Waals surface area contributed by atoms with Crippen LogP contribution in [0.1, 0.15) is 26.3 Å². The Morgan fingerprint density at radius 1 is 1.22 bits per heavy atom. The predicted octanol–water partition coefficient (Wildman–Crippen LogP) is 3.34. The summed E-state index contributed by atoms with van der Waals surface area (Å²) in [5.74, 6) is 0. The number of halogens is 1. The van der Waals surface area contributed by atoms with Gasteiger partial charge in [-0.3, -0.25) is 5.43 Å². The highest BCUT2D eigenvalue weighted by Gasteiger charge is 2.15. The summed E-state index contributed by atoms with van der Waals surface area (Å²) in [5.41, 5.74) is 5.94. The maximum Gasteiger partial charge on any atom is 0.426 e. The number of ether oxygens (including phenoxy) is 1. The van der Waals surface area contributed by atoms with Gasteiger partial charge >= 0.3 is 6.09 Å². The highest BCUT2D eigenvalue weighted by Crippen LogP contribution is 2.13. The van der Waals surface area contributed by atoms with E-state index in [-0.39, 0.29) is 0 Å². The standard InChI is InChI=1S/C13H17ClN2O2/c1-9(10-5-7-11(14)8-6-10)15-16-12(17)18-13(2,3)4/h5-8,15H,1H2,2-4H3,(H,16,17). The van der Waals surface area contributed by atoms with Crippen LogP contribution in [0.3, 0.4) is 0 Å². The van der Waals surface area contributed by atoms with Gasteiger partial charge in [-0.25, -0.2) is 10.2 Å². The molecule has 0 saturated carbocycles. The summed E-state index contributed by atoms with van der Waals surface area (Å²) in [5, 5.41) is 0.645. The highest BCUT2D eigenvalue weighted by molar-refractivity contribution is 6.30. The van der Waals surface area contributed by atoms with Crippen LogP contribution in [0.2, 0.25) is 5.02 Å². The van der Waals surface area contributed by atoms with Crippen molar-refractivity contribution >= 4 is 23.4 Å². The van der Waals surface area contributed by atoms with Gasteiger partial charge in [-0.05, 0) is 38.5 Å². The van der Waals surface area contributed by atoms with Crippen molar-refractivity contribution in [1.29, 1.82) is 0 Å². The van der Waals surface area contributed by atoms with Crippen LogP contribution < -0.4 is 10.9 Å². The van der Waals surface area contributed by atoms with Crippen molar-refractivity contribution in [2.75, 3.05) is 0 Å². The smallest absolute Gasteiger partial charge is 0.426 e. The zero-order valence-corrected chi connectivity index (χ0v) is 11.5. The van der Waals surface area contributed by atoms with Crippen molar-refractivity contribution in [1.82, 2.24) is 10.9 Å². The van der Waals surface area contributed by atoms with Crippen LogP contribution in [0.5, 0.6) is 0 Å². The zero-order valence-electron chi connectivity index (χ0n) is 10.7. The first kappa shape index (κ1) is 14.4. The van der Waals surface area contributed by atoms with Crippen LogP contribution in [0.15, 0.2) is 30.8 Å². The Hall–Kier alpha value is -1.68. The summed E-state index contributed by atoms with van der Waals surface area (Å²) < 4.78 is 5.07. The number of amides is 1. The summed E-state index contributed by atoms with van der Waals surface area (Å²) in [6.45, 7) is 9.18. The molecule has 0 aliphatic heterocycles. The van der Waals surface area contributed by atoms with Gasteiger partial charge in [0, 0.05) is 5.02 Å². The van der Waals surface area contributed by atoms with E-state index in [9.17, 15) is 4.79 Å². The molecule has 0 fully saturated rings. The van der Waals surface area contributed by atoms with Crippen molar-refractivity contribution in [3.05, 3.63) is 41.4 Å². The van der Waals surface area contributed by atoms with Crippen LogP contribution in [-0.2, 0) is 4.74 Å². The molecule has 5 heteroatoms. The molecule has 1 aromatic rings. The lowest BCUT2D eigenvalue weighted by molar-refractivity contribution is 0.0511. The van der Waals surface area contributed by atoms with E-state index >= 15 is 0 Å².